The van der Waals surface area contributed by atoms with Gasteiger partial charge in [0.25, 0.3) is 0 Å². The molecule has 0 bridgehead atoms. The average Bonchev–Trinajstić information content (AvgIpc) is 2.50. The van der Waals surface area contributed by atoms with Gasteiger partial charge < -0.3 is 9.64 Å². The minimum Gasteiger partial charge on any atom is -0.462 e. The first-order valence-corrected chi connectivity index (χ1v) is 7.32. The van der Waals surface area contributed by atoms with Crippen LogP contribution in [0, 0.1) is 0 Å². The zero-order valence-corrected chi connectivity index (χ0v) is 12.7. The second kappa shape index (κ2) is 7.33. The summed E-state index contributed by atoms with van der Waals surface area (Å²) in [6.45, 7) is 6.10. The Bertz CT molecular complexity index is 508. The number of esters is 1. The number of likely N-dealkylation sites (N-methyl/N-ethyl adjacent to an activating group) is 1. The predicted molar refractivity (Wildman–Crippen MR) is 80.7 cm³/mol. The van der Waals surface area contributed by atoms with Gasteiger partial charge in [-0.1, -0.05) is 18.2 Å². The van der Waals surface area contributed by atoms with E-state index in [0.717, 1.165) is 26.2 Å². The van der Waals surface area contributed by atoms with Crippen LogP contribution in [0.1, 0.15) is 27.6 Å². The second-order valence-electron chi connectivity index (χ2n) is 5.27. The van der Waals surface area contributed by atoms with Gasteiger partial charge in [0, 0.05) is 31.7 Å². The zero-order chi connectivity index (χ0) is 15.2. The molecule has 0 amide bonds. The topological polar surface area (TPSA) is 49.9 Å². The minimum atomic E-state index is -0.431. The molecule has 1 fully saturated rings. The summed E-state index contributed by atoms with van der Waals surface area (Å²) in [6.07, 6.45) is 0. The molecular weight excluding hydrogens is 268 g/mol. The molecule has 0 aromatic heterocycles. The van der Waals surface area contributed by atoms with Crippen LogP contribution in [0.3, 0.4) is 0 Å². The lowest BCUT2D eigenvalue weighted by Crippen LogP contribution is -2.46. The minimum absolute atomic E-state index is 0.0248. The van der Waals surface area contributed by atoms with E-state index in [9.17, 15) is 9.59 Å². The molecule has 21 heavy (non-hydrogen) atoms. The fourth-order valence-electron chi connectivity index (χ4n) is 2.41. The highest BCUT2D eigenvalue weighted by atomic mass is 16.5. The standard InChI is InChI=1S/C16H22N2O3/c1-3-21-16(20)14-7-5-4-6-13(14)15(19)12-18-10-8-17(2)9-11-18/h4-7H,3,8-12H2,1-2H3. The first-order chi connectivity index (χ1) is 10.1. The van der Waals surface area contributed by atoms with Gasteiger partial charge in [-0.25, -0.2) is 4.79 Å². The van der Waals surface area contributed by atoms with E-state index in [1.165, 1.54) is 0 Å². The SMILES string of the molecule is CCOC(=O)c1ccccc1C(=O)CN1CCN(C)CC1. The molecule has 0 spiro atoms. The van der Waals surface area contributed by atoms with Crippen LogP contribution in [0.5, 0.6) is 0 Å². The Labute approximate surface area is 125 Å². The van der Waals surface area contributed by atoms with E-state index in [-0.39, 0.29) is 5.78 Å². The van der Waals surface area contributed by atoms with Crippen molar-refractivity contribution in [2.45, 2.75) is 6.92 Å². The summed E-state index contributed by atoms with van der Waals surface area (Å²) in [7, 11) is 2.08. The first-order valence-electron chi connectivity index (χ1n) is 7.32. The predicted octanol–water partition coefficient (Wildman–Crippen LogP) is 1.29. The number of piperazine rings is 1. The van der Waals surface area contributed by atoms with Gasteiger partial charge in [-0.05, 0) is 20.0 Å². The normalized spacial score (nSPS) is 16.7. The molecule has 114 valence electrons. The summed E-state index contributed by atoms with van der Waals surface area (Å²) < 4.78 is 5.01. The van der Waals surface area contributed by atoms with E-state index in [2.05, 4.69) is 16.8 Å². The number of Topliss-reactive ketones (excluding diaryl/α,β-unsaturated/α-hetero) is 1. The van der Waals surface area contributed by atoms with Gasteiger partial charge in [-0.2, -0.15) is 0 Å². The highest BCUT2D eigenvalue weighted by molar-refractivity contribution is 6.07. The summed E-state index contributed by atoms with van der Waals surface area (Å²) in [5.41, 5.74) is 0.813. The van der Waals surface area contributed by atoms with Crippen LogP contribution in [-0.2, 0) is 4.74 Å². The summed E-state index contributed by atoms with van der Waals surface area (Å²) in [6, 6.07) is 6.87. The molecule has 5 nitrogen and oxygen atoms in total. The lowest BCUT2D eigenvalue weighted by atomic mass is 10.0. The number of hydrogen-bond donors (Lipinski definition) is 0. The molecule has 0 atom stereocenters. The third kappa shape index (κ3) is 4.12. The average molecular weight is 290 g/mol. The van der Waals surface area contributed by atoms with E-state index in [4.69, 9.17) is 4.74 Å². The Balaban J connectivity index is 2.07. The van der Waals surface area contributed by atoms with Crippen molar-refractivity contribution >= 4 is 11.8 Å². The number of nitrogens with zero attached hydrogens (tertiary/aromatic N) is 2. The molecule has 1 aromatic carbocycles. The van der Waals surface area contributed by atoms with E-state index in [1.54, 1.807) is 31.2 Å². The lowest BCUT2D eigenvalue weighted by molar-refractivity contribution is 0.0522. The Kier molecular flexibility index (Phi) is 5.47. The molecule has 2 rings (SSSR count). The van der Waals surface area contributed by atoms with Gasteiger partial charge >= 0.3 is 5.97 Å². The number of carbonyl (C=O) groups is 2. The van der Waals surface area contributed by atoms with Crippen molar-refractivity contribution in [3.8, 4) is 0 Å². The Morgan fingerprint density at radius 1 is 1.10 bits per heavy atom. The smallest absolute Gasteiger partial charge is 0.338 e. The molecule has 1 aliphatic heterocycles. The number of ketones is 1. The van der Waals surface area contributed by atoms with Gasteiger partial charge in [0.1, 0.15) is 0 Å². The molecule has 0 unspecified atom stereocenters. The van der Waals surface area contributed by atoms with E-state index >= 15 is 0 Å². The molecule has 0 radical (unpaired) electrons. The highest BCUT2D eigenvalue weighted by Crippen LogP contribution is 2.12. The van der Waals surface area contributed by atoms with Crippen molar-refractivity contribution in [1.29, 1.82) is 0 Å². The molecule has 5 heteroatoms. The van der Waals surface area contributed by atoms with Crippen molar-refractivity contribution in [1.82, 2.24) is 9.80 Å². The van der Waals surface area contributed by atoms with Gasteiger partial charge in [-0.15, -0.1) is 0 Å². The van der Waals surface area contributed by atoms with Crippen molar-refractivity contribution in [2.75, 3.05) is 46.4 Å². The largest absolute Gasteiger partial charge is 0.462 e. The van der Waals surface area contributed by atoms with Crippen molar-refractivity contribution in [3.63, 3.8) is 0 Å². The van der Waals surface area contributed by atoms with E-state index in [1.807, 2.05) is 0 Å². The first kappa shape index (κ1) is 15.7. The van der Waals surface area contributed by atoms with E-state index in [0.29, 0.717) is 24.3 Å². The summed E-state index contributed by atoms with van der Waals surface area (Å²) in [5, 5.41) is 0. The molecule has 1 heterocycles. The summed E-state index contributed by atoms with van der Waals surface area (Å²) >= 11 is 0. The van der Waals surface area contributed by atoms with Crippen molar-refractivity contribution in [2.24, 2.45) is 0 Å². The maximum Gasteiger partial charge on any atom is 0.338 e. The molecule has 1 aromatic rings. The summed E-state index contributed by atoms with van der Waals surface area (Å²) in [4.78, 5) is 28.7. The number of carbonyl (C=O) groups excluding carboxylic acids is 2. The third-order valence-electron chi connectivity index (χ3n) is 3.69. The Hall–Kier alpha value is -1.72. The van der Waals surface area contributed by atoms with Crippen LogP contribution in [0.25, 0.3) is 0 Å². The summed E-state index contributed by atoms with van der Waals surface area (Å²) in [5.74, 6) is -0.456. The van der Waals surface area contributed by atoms with Crippen molar-refractivity contribution < 1.29 is 14.3 Å². The highest BCUT2D eigenvalue weighted by Gasteiger charge is 2.21. The fourth-order valence-corrected chi connectivity index (χ4v) is 2.41. The third-order valence-corrected chi connectivity index (χ3v) is 3.69. The molecular formula is C16H22N2O3. The van der Waals surface area contributed by atoms with Gasteiger partial charge in [0.05, 0.1) is 18.7 Å². The quantitative estimate of drug-likeness (QED) is 0.604. The van der Waals surface area contributed by atoms with Crippen LogP contribution in [0.4, 0.5) is 0 Å². The number of rotatable bonds is 5. The van der Waals surface area contributed by atoms with Crippen LogP contribution < -0.4 is 0 Å². The van der Waals surface area contributed by atoms with Crippen LogP contribution in [0.2, 0.25) is 0 Å². The molecule has 1 saturated heterocycles. The monoisotopic (exact) mass is 290 g/mol. The maximum absolute atomic E-state index is 12.5. The zero-order valence-electron chi connectivity index (χ0n) is 12.7. The number of hydrogen-bond acceptors (Lipinski definition) is 5. The van der Waals surface area contributed by atoms with Crippen LogP contribution in [-0.4, -0.2) is 67.9 Å². The molecule has 1 aliphatic rings. The van der Waals surface area contributed by atoms with Gasteiger partial charge in [0.2, 0.25) is 0 Å². The van der Waals surface area contributed by atoms with Crippen LogP contribution in [0.15, 0.2) is 24.3 Å². The lowest BCUT2D eigenvalue weighted by Gasteiger charge is -2.31. The van der Waals surface area contributed by atoms with Gasteiger partial charge in [0.15, 0.2) is 5.78 Å². The Morgan fingerprint density at radius 2 is 1.71 bits per heavy atom. The molecule has 0 N–H and O–H groups in total. The van der Waals surface area contributed by atoms with Gasteiger partial charge in [-0.3, -0.25) is 9.69 Å². The van der Waals surface area contributed by atoms with E-state index < -0.39 is 5.97 Å². The van der Waals surface area contributed by atoms with Crippen LogP contribution >= 0.6 is 0 Å². The number of ether oxygens (including phenoxy) is 1. The van der Waals surface area contributed by atoms with Crippen molar-refractivity contribution in [3.05, 3.63) is 35.4 Å². The fraction of sp³-hybridized carbons (Fsp3) is 0.500. The molecule has 0 saturated carbocycles. The second-order valence-corrected chi connectivity index (χ2v) is 5.27. The molecule has 0 aliphatic carbocycles. The Morgan fingerprint density at radius 3 is 2.33 bits per heavy atom. The number of benzene rings is 1. The maximum atomic E-state index is 12.5.